The quantitative estimate of drug-likeness (QED) is 0.328. The van der Waals surface area contributed by atoms with Crippen LogP contribution in [0.3, 0.4) is 0 Å². The van der Waals surface area contributed by atoms with Crippen molar-refractivity contribution in [2.45, 2.75) is 60.2 Å². The van der Waals surface area contributed by atoms with Gasteiger partial charge in [0.15, 0.2) is 0 Å². The average molecular weight is 565 g/mol. The second kappa shape index (κ2) is 8.80. The van der Waals surface area contributed by atoms with Gasteiger partial charge in [-0.05, 0) is 17.7 Å². The van der Waals surface area contributed by atoms with E-state index in [1.165, 1.54) is 6.07 Å². The summed E-state index contributed by atoms with van der Waals surface area (Å²) in [6, 6.07) is 4.22. The SMILES string of the molecule is N#Cc1cccc(C(O)CC(F)(F)C(F)(F)C(F)(F)C(F)(F)C(F)(F)C(F)(F)C(F)(F)C(F)(F)F)c1. The molecule has 1 aromatic carbocycles. The summed E-state index contributed by atoms with van der Waals surface area (Å²) in [5, 5.41) is 18.2. The van der Waals surface area contributed by atoms with Gasteiger partial charge in [-0.2, -0.15) is 79.9 Å². The second-order valence-electron chi connectivity index (χ2n) is 7.11. The third-order valence-corrected chi connectivity index (χ3v) is 4.64. The molecular weight excluding hydrogens is 557 g/mol. The van der Waals surface area contributed by atoms with Gasteiger partial charge in [-0.15, -0.1) is 0 Å². The minimum Gasteiger partial charge on any atom is -0.388 e. The number of nitrogens with zero attached hydrogens (tertiary/aromatic N) is 1. The van der Waals surface area contributed by atoms with Gasteiger partial charge in [-0.3, -0.25) is 0 Å². The van der Waals surface area contributed by atoms with E-state index in [1.54, 1.807) is 0 Å². The molecule has 0 spiro atoms. The Balaban J connectivity index is 3.54. The maximum absolute atomic E-state index is 13.9. The highest BCUT2D eigenvalue weighted by molar-refractivity contribution is 5.34. The third-order valence-electron chi connectivity index (χ3n) is 4.64. The van der Waals surface area contributed by atoms with Crippen molar-refractivity contribution in [3.63, 3.8) is 0 Å². The van der Waals surface area contributed by atoms with Crippen LogP contribution in [-0.4, -0.2) is 52.7 Å². The predicted molar refractivity (Wildman–Crippen MR) is 81.4 cm³/mol. The van der Waals surface area contributed by atoms with Gasteiger partial charge in [0, 0.05) is 6.42 Å². The first-order valence-corrected chi connectivity index (χ1v) is 8.57. The van der Waals surface area contributed by atoms with Crippen molar-refractivity contribution in [3.05, 3.63) is 35.4 Å². The summed E-state index contributed by atoms with van der Waals surface area (Å²) in [6.07, 6.45) is -13.9. The van der Waals surface area contributed by atoms with Crippen molar-refractivity contribution in [1.82, 2.24) is 0 Å². The van der Waals surface area contributed by atoms with E-state index in [0.717, 1.165) is 12.1 Å². The zero-order chi connectivity index (χ0) is 29.0. The van der Waals surface area contributed by atoms with Gasteiger partial charge >= 0.3 is 47.6 Å². The molecule has 0 saturated heterocycles. The zero-order valence-corrected chi connectivity index (χ0v) is 16.4. The van der Waals surface area contributed by atoms with Gasteiger partial charge in [-0.1, -0.05) is 12.1 Å². The first-order valence-electron chi connectivity index (χ1n) is 8.57. The summed E-state index contributed by atoms with van der Waals surface area (Å²) >= 11 is 0. The Labute approximate surface area is 187 Å². The average Bonchev–Trinajstić information content (AvgIpc) is 2.71. The minimum absolute atomic E-state index is 0.453. The highest BCUT2D eigenvalue weighted by atomic mass is 19.4. The van der Waals surface area contributed by atoms with E-state index in [-0.39, 0.29) is 0 Å². The normalized spacial score (nSPS) is 16.0. The van der Waals surface area contributed by atoms with E-state index < -0.39 is 71.3 Å². The van der Waals surface area contributed by atoms with Gasteiger partial charge < -0.3 is 5.11 Å². The molecule has 0 fully saturated rings. The molecule has 1 atom stereocenters. The molecule has 0 aromatic heterocycles. The molecule has 1 N–H and O–H groups in total. The summed E-state index contributed by atoms with van der Waals surface area (Å²) in [5.41, 5.74) is -1.37. The summed E-state index contributed by atoms with van der Waals surface area (Å²) < 4.78 is 225. The van der Waals surface area contributed by atoms with E-state index in [9.17, 15) is 79.7 Å². The van der Waals surface area contributed by atoms with Gasteiger partial charge in [0.25, 0.3) is 0 Å². The summed E-state index contributed by atoms with van der Waals surface area (Å²) in [5.74, 6) is -57.2. The first kappa shape index (κ1) is 31.5. The lowest BCUT2D eigenvalue weighted by Crippen LogP contribution is -2.74. The van der Waals surface area contributed by atoms with Crippen LogP contribution in [0.5, 0.6) is 0 Å². The number of rotatable bonds is 9. The Hall–Kier alpha value is -2.52. The topological polar surface area (TPSA) is 44.0 Å². The van der Waals surface area contributed by atoms with E-state index in [2.05, 4.69) is 0 Å². The lowest BCUT2D eigenvalue weighted by atomic mass is 9.87. The molecule has 0 saturated carbocycles. The van der Waals surface area contributed by atoms with Crippen LogP contribution in [0.2, 0.25) is 0 Å². The minimum atomic E-state index is -8.71. The maximum atomic E-state index is 13.9. The van der Waals surface area contributed by atoms with Crippen molar-refractivity contribution in [3.8, 4) is 6.07 Å². The molecule has 19 heteroatoms. The Morgan fingerprint density at radius 1 is 0.639 bits per heavy atom. The number of nitriles is 1. The van der Waals surface area contributed by atoms with Crippen LogP contribution in [-0.2, 0) is 0 Å². The van der Waals surface area contributed by atoms with Crippen molar-refractivity contribution >= 4 is 0 Å². The largest absolute Gasteiger partial charge is 0.460 e. The Morgan fingerprint density at radius 2 is 1.03 bits per heavy atom. The van der Waals surface area contributed by atoms with Gasteiger partial charge in [0.1, 0.15) is 0 Å². The number of aliphatic hydroxyl groups excluding tert-OH is 1. The Kier molecular flexibility index (Phi) is 7.70. The number of benzene rings is 1. The smallest absolute Gasteiger partial charge is 0.388 e. The molecule has 2 nitrogen and oxygen atoms in total. The number of hydrogen-bond acceptors (Lipinski definition) is 2. The maximum Gasteiger partial charge on any atom is 0.460 e. The van der Waals surface area contributed by atoms with Crippen molar-refractivity contribution in [2.24, 2.45) is 0 Å². The number of alkyl halides is 17. The highest BCUT2D eigenvalue weighted by Crippen LogP contribution is 2.64. The molecule has 0 bridgehead atoms. The van der Waals surface area contributed by atoms with Crippen molar-refractivity contribution in [2.75, 3.05) is 0 Å². The zero-order valence-electron chi connectivity index (χ0n) is 16.4. The summed E-state index contributed by atoms with van der Waals surface area (Å²) in [7, 11) is 0. The van der Waals surface area contributed by atoms with E-state index in [0.29, 0.717) is 12.1 Å². The van der Waals surface area contributed by atoms with Crippen LogP contribution in [0, 0.1) is 11.3 Å². The van der Waals surface area contributed by atoms with Crippen LogP contribution in [0.4, 0.5) is 74.6 Å². The molecule has 0 heterocycles. The number of halogens is 17. The highest BCUT2D eigenvalue weighted by Gasteiger charge is 2.95. The van der Waals surface area contributed by atoms with Crippen LogP contribution in [0.1, 0.15) is 23.7 Å². The Bertz CT molecular complexity index is 992. The molecule has 0 aliphatic heterocycles. The fraction of sp³-hybridized carbons (Fsp3) is 0.588. The fourth-order valence-electron chi connectivity index (χ4n) is 2.50. The van der Waals surface area contributed by atoms with Crippen LogP contribution in [0.25, 0.3) is 0 Å². The first-order chi connectivity index (χ1) is 15.7. The predicted octanol–water partition coefficient (Wildman–Crippen LogP) is 6.99. The van der Waals surface area contributed by atoms with Crippen molar-refractivity contribution in [1.29, 1.82) is 5.26 Å². The molecule has 0 amide bonds. The van der Waals surface area contributed by atoms with Crippen molar-refractivity contribution < 1.29 is 79.7 Å². The second-order valence-corrected chi connectivity index (χ2v) is 7.11. The summed E-state index contributed by atoms with van der Waals surface area (Å²) in [4.78, 5) is 0. The lowest BCUT2D eigenvalue weighted by Gasteiger charge is -2.43. The molecule has 1 unspecified atom stereocenters. The molecule has 0 aliphatic rings. The fourth-order valence-corrected chi connectivity index (χ4v) is 2.50. The Morgan fingerprint density at radius 3 is 1.42 bits per heavy atom. The third kappa shape index (κ3) is 4.41. The molecule has 36 heavy (non-hydrogen) atoms. The number of aliphatic hydroxyl groups is 1. The monoisotopic (exact) mass is 565 g/mol. The van der Waals surface area contributed by atoms with Gasteiger partial charge in [-0.25, -0.2) is 0 Å². The molecule has 0 aliphatic carbocycles. The molecule has 1 rings (SSSR count). The van der Waals surface area contributed by atoms with E-state index in [1.807, 2.05) is 0 Å². The lowest BCUT2D eigenvalue weighted by molar-refractivity contribution is -0.462. The molecule has 1 aromatic rings. The molecule has 206 valence electrons. The number of hydrogen-bond donors (Lipinski definition) is 1. The standard InChI is InChI=1S/C17H8F17NO/c18-10(19,5-9(36)8-3-1-2-7(4-8)6-35)11(20,21)12(22,23)13(24,25)14(26,27)15(28,29)16(30,31)17(32,33)34/h1-4,9,36H,5H2. The van der Waals surface area contributed by atoms with Gasteiger partial charge in [0.05, 0.1) is 17.7 Å². The van der Waals surface area contributed by atoms with Crippen LogP contribution >= 0.6 is 0 Å². The van der Waals surface area contributed by atoms with Gasteiger partial charge in [0.2, 0.25) is 0 Å². The van der Waals surface area contributed by atoms with E-state index >= 15 is 0 Å². The van der Waals surface area contributed by atoms with Crippen LogP contribution < -0.4 is 0 Å². The molecule has 0 radical (unpaired) electrons. The molecular formula is C17H8F17NO. The summed E-state index contributed by atoms with van der Waals surface area (Å²) in [6.45, 7) is 0. The van der Waals surface area contributed by atoms with Crippen LogP contribution in [0.15, 0.2) is 24.3 Å². The van der Waals surface area contributed by atoms with E-state index in [4.69, 9.17) is 5.26 Å².